The zero-order chi connectivity index (χ0) is 18.1. The number of imide groups is 1. The number of nitrogens with zero attached hydrogens (tertiary/aromatic N) is 3. The van der Waals surface area contributed by atoms with Gasteiger partial charge in [-0.3, -0.25) is 4.79 Å². The maximum Gasteiger partial charge on any atom is 0.332 e. The molecule has 0 radical (unpaired) electrons. The SMILES string of the molecule is O=C(NC1CCCC1)N1CCCN2C(=O)N(c3ccccc3)C(=O)C2C1. The van der Waals surface area contributed by atoms with Gasteiger partial charge >= 0.3 is 12.1 Å². The van der Waals surface area contributed by atoms with Gasteiger partial charge in [-0.1, -0.05) is 31.0 Å². The number of hydrogen-bond donors (Lipinski definition) is 1. The summed E-state index contributed by atoms with van der Waals surface area (Å²) in [5.74, 6) is -0.248. The zero-order valence-electron chi connectivity index (χ0n) is 14.8. The summed E-state index contributed by atoms with van der Waals surface area (Å²) < 4.78 is 0. The summed E-state index contributed by atoms with van der Waals surface area (Å²) in [6.45, 7) is 1.32. The van der Waals surface area contributed by atoms with Crippen LogP contribution >= 0.6 is 0 Å². The second-order valence-corrected chi connectivity index (χ2v) is 7.23. The molecule has 2 aliphatic heterocycles. The van der Waals surface area contributed by atoms with Crippen LogP contribution in [0.4, 0.5) is 15.3 Å². The lowest BCUT2D eigenvalue weighted by molar-refractivity contribution is -0.119. The highest BCUT2D eigenvalue weighted by molar-refractivity contribution is 6.21. The summed E-state index contributed by atoms with van der Waals surface area (Å²) in [6, 6.07) is 8.22. The Bertz CT molecular complexity index is 702. The lowest BCUT2D eigenvalue weighted by Crippen LogP contribution is -2.49. The maximum atomic E-state index is 12.9. The number of nitrogens with one attached hydrogen (secondary N) is 1. The Labute approximate surface area is 152 Å². The van der Waals surface area contributed by atoms with E-state index < -0.39 is 6.04 Å². The molecular formula is C19H24N4O3. The number of para-hydroxylation sites is 1. The minimum Gasteiger partial charge on any atom is -0.335 e. The molecule has 1 aromatic carbocycles. The number of hydrogen-bond acceptors (Lipinski definition) is 3. The second-order valence-electron chi connectivity index (χ2n) is 7.23. The van der Waals surface area contributed by atoms with Gasteiger partial charge in [-0.05, 0) is 31.4 Å². The van der Waals surface area contributed by atoms with Crippen molar-refractivity contribution in [3.8, 4) is 0 Å². The molecule has 1 atom stereocenters. The molecule has 0 spiro atoms. The summed E-state index contributed by atoms with van der Waals surface area (Å²) >= 11 is 0. The molecule has 7 heteroatoms. The Hall–Kier alpha value is -2.57. The van der Waals surface area contributed by atoms with Crippen LogP contribution in [0.3, 0.4) is 0 Å². The van der Waals surface area contributed by atoms with Gasteiger partial charge in [-0.2, -0.15) is 0 Å². The lowest BCUT2D eigenvalue weighted by Gasteiger charge is -2.25. The van der Waals surface area contributed by atoms with E-state index in [1.165, 1.54) is 4.90 Å². The molecule has 3 aliphatic rings. The van der Waals surface area contributed by atoms with Crippen LogP contribution in [0.2, 0.25) is 0 Å². The van der Waals surface area contributed by atoms with Gasteiger partial charge in [0.05, 0.1) is 12.2 Å². The summed E-state index contributed by atoms with van der Waals surface area (Å²) in [5.41, 5.74) is 0.581. The standard InChI is InChI=1S/C19H24N4O3/c24-17-16-13-21(18(25)20-14-7-4-5-8-14)11-6-12-22(16)19(26)23(17)15-9-2-1-3-10-15/h1-3,9-10,14,16H,4-8,11-13H2,(H,20,25). The fourth-order valence-electron chi connectivity index (χ4n) is 4.13. The van der Waals surface area contributed by atoms with Crippen molar-refractivity contribution in [2.75, 3.05) is 24.5 Å². The molecule has 1 N–H and O–H groups in total. The maximum absolute atomic E-state index is 12.9. The first kappa shape index (κ1) is 16.9. The Morgan fingerprint density at radius 3 is 2.46 bits per heavy atom. The van der Waals surface area contributed by atoms with Gasteiger partial charge in [0.15, 0.2) is 0 Å². The Balaban J connectivity index is 1.50. The Kier molecular flexibility index (Phi) is 4.53. The Morgan fingerprint density at radius 1 is 1.00 bits per heavy atom. The highest BCUT2D eigenvalue weighted by Crippen LogP contribution is 2.27. The molecule has 5 amide bonds. The number of carbonyl (C=O) groups is 3. The number of anilines is 1. The molecule has 1 aliphatic carbocycles. The molecule has 4 rings (SSSR count). The van der Waals surface area contributed by atoms with E-state index in [2.05, 4.69) is 5.32 Å². The van der Waals surface area contributed by atoms with E-state index in [0.717, 1.165) is 25.7 Å². The van der Waals surface area contributed by atoms with Gasteiger partial charge in [-0.15, -0.1) is 0 Å². The second kappa shape index (κ2) is 6.97. The van der Waals surface area contributed by atoms with Gasteiger partial charge in [0.25, 0.3) is 5.91 Å². The molecule has 1 saturated carbocycles. The summed E-state index contributed by atoms with van der Waals surface area (Å²) in [4.78, 5) is 42.9. The largest absolute Gasteiger partial charge is 0.335 e. The summed E-state index contributed by atoms with van der Waals surface area (Å²) in [6.07, 6.45) is 5.03. The molecule has 3 fully saturated rings. The Morgan fingerprint density at radius 2 is 1.73 bits per heavy atom. The molecule has 26 heavy (non-hydrogen) atoms. The average Bonchev–Trinajstić information content (AvgIpc) is 3.14. The van der Waals surface area contributed by atoms with Gasteiger partial charge in [0.1, 0.15) is 6.04 Å². The molecule has 1 aromatic rings. The molecular weight excluding hydrogens is 332 g/mol. The first-order chi connectivity index (χ1) is 12.6. The highest BCUT2D eigenvalue weighted by Gasteiger charge is 2.47. The van der Waals surface area contributed by atoms with E-state index in [9.17, 15) is 14.4 Å². The van der Waals surface area contributed by atoms with Gasteiger partial charge in [-0.25, -0.2) is 14.5 Å². The van der Waals surface area contributed by atoms with Crippen molar-refractivity contribution in [1.82, 2.24) is 15.1 Å². The third-order valence-corrected chi connectivity index (χ3v) is 5.52. The topological polar surface area (TPSA) is 73.0 Å². The molecule has 138 valence electrons. The third kappa shape index (κ3) is 3.02. The van der Waals surface area contributed by atoms with Crippen LogP contribution in [0.15, 0.2) is 30.3 Å². The first-order valence-corrected chi connectivity index (χ1v) is 9.40. The summed E-state index contributed by atoms with van der Waals surface area (Å²) in [5, 5.41) is 3.08. The van der Waals surface area contributed by atoms with Crippen molar-refractivity contribution in [2.24, 2.45) is 0 Å². The van der Waals surface area contributed by atoms with E-state index in [4.69, 9.17) is 0 Å². The van der Waals surface area contributed by atoms with Gasteiger partial charge in [0, 0.05) is 19.1 Å². The van der Waals surface area contributed by atoms with E-state index in [-0.39, 0.29) is 30.6 Å². The van der Waals surface area contributed by atoms with Gasteiger partial charge < -0.3 is 15.1 Å². The quantitative estimate of drug-likeness (QED) is 0.826. The molecule has 7 nitrogen and oxygen atoms in total. The van der Waals surface area contributed by atoms with E-state index in [1.54, 1.807) is 34.1 Å². The number of rotatable bonds is 2. The summed E-state index contributed by atoms with van der Waals surface area (Å²) in [7, 11) is 0. The van der Waals surface area contributed by atoms with Crippen molar-refractivity contribution < 1.29 is 14.4 Å². The van der Waals surface area contributed by atoms with Crippen molar-refractivity contribution in [2.45, 2.75) is 44.2 Å². The van der Waals surface area contributed by atoms with Crippen LogP contribution < -0.4 is 10.2 Å². The molecule has 2 saturated heterocycles. The average molecular weight is 356 g/mol. The van der Waals surface area contributed by atoms with Crippen LogP contribution in [-0.2, 0) is 4.79 Å². The number of amides is 5. The van der Waals surface area contributed by atoms with Crippen LogP contribution in [0.5, 0.6) is 0 Å². The number of fused-ring (bicyclic) bond motifs is 1. The third-order valence-electron chi connectivity index (χ3n) is 5.52. The molecule has 1 unspecified atom stereocenters. The van der Waals surface area contributed by atoms with Crippen molar-refractivity contribution in [1.29, 1.82) is 0 Å². The van der Waals surface area contributed by atoms with Crippen LogP contribution in [0.25, 0.3) is 0 Å². The monoisotopic (exact) mass is 356 g/mol. The zero-order valence-corrected chi connectivity index (χ0v) is 14.8. The molecule has 0 bridgehead atoms. The van der Waals surface area contributed by atoms with Crippen molar-refractivity contribution in [3.63, 3.8) is 0 Å². The van der Waals surface area contributed by atoms with Crippen LogP contribution in [0, 0.1) is 0 Å². The first-order valence-electron chi connectivity index (χ1n) is 9.40. The minimum atomic E-state index is -0.598. The van der Waals surface area contributed by atoms with Gasteiger partial charge in [0.2, 0.25) is 0 Å². The minimum absolute atomic E-state index is 0.114. The van der Waals surface area contributed by atoms with Crippen LogP contribution in [0.1, 0.15) is 32.1 Å². The fourth-order valence-corrected chi connectivity index (χ4v) is 4.13. The number of urea groups is 2. The van der Waals surface area contributed by atoms with E-state index >= 15 is 0 Å². The fraction of sp³-hybridized carbons (Fsp3) is 0.526. The molecule has 0 aromatic heterocycles. The van der Waals surface area contributed by atoms with Crippen molar-refractivity contribution in [3.05, 3.63) is 30.3 Å². The van der Waals surface area contributed by atoms with E-state index in [1.807, 2.05) is 6.07 Å². The normalized spacial score (nSPS) is 24.0. The highest BCUT2D eigenvalue weighted by atomic mass is 16.2. The predicted octanol–water partition coefficient (Wildman–Crippen LogP) is 2.18. The number of carbonyl (C=O) groups excluding carboxylic acids is 3. The smallest absolute Gasteiger partial charge is 0.332 e. The predicted molar refractivity (Wildman–Crippen MR) is 96.8 cm³/mol. The van der Waals surface area contributed by atoms with E-state index in [0.29, 0.717) is 25.2 Å². The van der Waals surface area contributed by atoms with Crippen molar-refractivity contribution >= 4 is 23.7 Å². The lowest BCUT2D eigenvalue weighted by atomic mass is 10.2. The number of benzene rings is 1. The molecule has 2 heterocycles. The van der Waals surface area contributed by atoms with Crippen LogP contribution in [-0.4, -0.2) is 59.5 Å².